The first-order valence-corrected chi connectivity index (χ1v) is 5.36. The number of amides is 1. The zero-order chi connectivity index (χ0) is 12.6. The van der Waals surface area contributed by atoms with Crippen molar-refractivity contribution in [3.63, 3.8) is 0 Å². The minimum absolute atomic E-state index is 0.343. The van der Waals surface area contributed by atoms with Crippen LogP contribution in [0.25, 0.3) is 0 Å². The van der Waals surface area contributed by atoms with E-state index in [1.807, 2.05) is 13.8 Å². The summed E-state index contributed by atoms with van der Waals surface area (Å²) in [4.78, 5) is 23.6. The largest absolute Gasteiger partial charge is 0.481 e. The molecule has 0 saturated heterocycles. The van der Waals surface area contributed by atoms with E-state index in [0.717, 1.165) is 0 Å². The van der Waals surface area contributed by atoms with Crippen LogP contribution in [0.3, 0.4) is 0 Å². The van der Waals surface area contributed by atoms with Crippen molar-refractivity contribution in [2.75, 3.05) is 26.3 Å². The Morgan fingerprint density at radius 1 is 1.44 bits per heavy atom. The monoisotopic (exact) mass is 232 g/mol. The van der Waals surface area contributed by atoms with Crippen LogP contribution in [-0.4, -0.2) is 54.2 Å². The van der Waals surface area contributed by atoms with E-state index in [0.29, 0.717) is 26.3 Å². The highest BCUT2D eigenvalue weighted by molar-refractivity contribution is 5.85. The standard InChI is InChI=1S/C10H20N2O4/c1-3-12(5-6-16-4-2)10(15)8(11)7-9(13)14/h8H,3-7,11H2,1-2H3,(H,13,14). The predicted molar refractivity (Wildman–Crippen MR) is 59.0 cm³/mol. The van der Waals surface area contributed by atoms with Gasteiger partial charge in [-0.2, -0.15) is 0 Å². The molecule has 16 heavy (non-hydrogen) atoms. The number of nitrogens with two attached hydrogens (primary N) is 1. The zero-order valence-electron chi connectivity index (χ0n) is 9.81. The maximum atomic E-state index is 11.7. The molecule has 0 aliphatic heterocycles. The molecule has 3 N–H and O–H groups in total. The maximum Gasteiger partial charge on any atom is 0.305 e. The van der Waals surface area contributed by atoms with Gasteiger partial charge in [-0.3, -0.25) is 9.59 Å². The normalized spacial score (nSPS) is 12.2. The van der Waals surface area contributed by atoms with Crippen molar-refractivity contribution in [3.8, 4) is 0 Å². The van der Waals surface area contributed by atoms with Crippen molar-refractivity contribution in [1.82, 2.24) is 4.90 Å². The van der Waals surface area contributed by atoms with Crippen LogP contribution < -0.4 is 5.73 Å². The van der Waals surface area contributed by atoms with Gasteiger partial charge in [-0.25, -0.2) is 0 Å². The first-order valence-electron chi connectivity index (χ1n) is 5.36. The number of rotatable bonds is 8. The Labute approximate surface area is 95.4 Å². The van der Waals surface area contributed by atoms with Gasteiger partial charge in [0, 0.05) is 19.7 Å². The Kier molecular flexibility index (Phi) is 7.49. The lowest BCUT2D eigenvalue weighted by Gasteiger charge is -2.23. The van der Waals surface area contributed by atoms with E-state index in [-0.39, 0.29) is 12.3 Å². The van der Waals surface area contributed by atoms with Crippen LogP contribution in [0, 0.1) is 0 Å². The molecule has 0 aromatic rings. The lowest BCUT2D eigenvalue weighted by molar-refractivity contribution is -0.142. The Morgan fingerprint density at radius 2 is 2.06 bits per heavy atom. The Balaban J connectivity index is 4.12. The van der Waals surface area contributed by atoms with Crippen molar-refractivity contribution < 1.29 is 19.4 Å². The third-order valence-electron chi connectivity index (χ3n) is 2.11. The van der Waals surface area contributed by atoms with Gasteiger partial charge in [0.1, 0.15) is 0 Å². The van der Waals surface area contributed by atoms with Crippen LogP contribution in [0.15, 0.2) is 0 Å². The van der Waals surface area contributed by atoms with E-state index in [9.17, 15) is 9.59 Å². The molecule has 0 aliphatic carbocycles. The summed E-state index contributed by atoms with van der Waals surface area (Å²) in [5.74, 6) is -1.41. The number of ether oxygens (including phenoxy) is 1. The average Bonchev–Trinajstić information content (AvgIpc) is 2.22. The van der Waals surface area contributed by atoms with Gasteiger partial charge in [-0.05, 0) is 13.8 Å². The third kappa shape index (κ3) is 5.67. The number of nitrogens with zero attached hydrogens (tertiary/aromatic N) is 1. The predicted octanol–water partition coefficient (Wildman–Crippen LogP) is -0.327. The number of carbonyl (C=O) groups excluding carboxylic acids is 1. The van der Waals surface area contributed by atoms with E-state index in [4.69, 9.17) is 15.6 Å². The van der Waals surface area contributed by atoms with Crippen molar-refractivity contribution in [1.29, 1.82) is 0 Å². The molecule has 1 unspecified atom stereocenters. The molecule has 0 spiro atoms. The van der Waals surface area contributed by atoms with Gasteiger partial charge in [0.05, 0.1) is 19.1 Å². The molecule has 0 aromatic carbocycles. The lowest BCUT2D eigenvalue weighted by atomic mass is 10.2. The third-order valence-corrected chi connectivity index (χ3v) is 2.11. The summed E-state index contributed by atoms with van der Waals surface area (Å²) in [6, 6.07) is -0.973. The number of carboxylic acid groups (broad SMARTS) is 1. The Morgan fingerprint density at radius 3 is 2.50 bits per heavy atom. The summed E-state index contributed by atoms with van der Waals surface area (Å²) in [6.07, 6.45) is -0.343. The zero-order valence-corrected chi connectivity index (χ0v) is 9.81. The fourth-order valence-electron chi connectivity index (χ4n) is 1.25. The second kappa shape index (κ2) is 8.06. The fraction of sp³-hybridized carbons (Fsp3) is 0.800. The van der Waals surface area contributed by atoms with Crippen LogP contribution in [0.4, 0.5) is 0 Å². The summed E-state index contributed by atoms with van der Waals surface area (Å²) in [7, 11) is 0. The molecule has 0 heterocycles. The topological polar surface area (TPSA) is 92.9 Å². The smallest absolute Gasteiger partial charge is 0.305 e. The molecule has 0 saturated carbocycles. The van der Waals surface area contributed by atoms with Crippen molar-refractivity contribution >= 4 is 11.9 Å². The van der Waals surface area contributed by atoms with Crippen molar-refractivity contribution in [3.05, 3.63) is 0 Å². The van der Waals surface area contributed by atoms with E-state index in [1.54, 1.807) is 0 Å². The average molecular weight is 232 g/mol. The molecule has 0 fully saturated rings. The first-order chi connectivity index (χ1) is 7.52. The molecule has 0 bridgehead atoms. The van der Waals surface area contributed by atoms with E-state index < -0.39 is 12.0 Å². The minimum Gasteiger partial charge on any atom is -0.481 e. The number of carboxylic acids is 1. The molecule has 1 amide bonds. The summed E-state index contributed by atoms with van der Waals surface area (Å²) in [5, 5.41) is 8.53. The summed E-state index contributed by atoms with van der Waals surface area (Å²) in [5.41, 5.74) is 5.49. The van der Waals surface area contributed by atoms with Gasteiger partial charge >= 0.3 is 5.97 Å². The Hall–Kier alpha value is -1.14. The number of hydrogen-bond acceptors (Lipinski definition) is 4. The van der Waals surface area contributed by atoms with Crippen molar-refractivity contribution in [2.45, 2.75) is 26.3 Å². The van der Waals surface area contributed by atoms with Gasteiger partial charge in [0.25, 0.3) is 0 Å². The molecule has 94 valence electrons. The molecule has 0 radical (unpaired) electrons. The molecule has 0 rings (SSSR count). The van der Waals surface area contributed by atoms with Crippen LogP contribution in [0.5, 0.6) is 0 Å². The highest BCUT2D eigenvalue weighted by Crippen LogP contribution is 1.98. The molecule has 1 atom stereocenters. The molecular formula is C10H20N2O4. The van der Waals surface area contributed by atoms with Crippen LogP contribution >= 0.6 is 0 Å². The lowest BCUT2D eigenvalue weighted by Crippen LogP contribution is -2.45. The summed E-state index contributed by atoms with van der Waals surface area (Å²) in [6.45, 7) is 5.66. The van der Waals surface area contributed by atoms with Crippen LogP contribution in [-0.2, 0) is 14.3 Å². The number of aliphatic carboxylic acids is 1. The SMILES string of the molecule is CCOCCN(CC)C(=O)C(N)CC(=O)O. The van der Waals surface area contributed by atoms with Crippen LogP contribution in [0.2, 0.25) is 0 Å². The summed E-state index contributed by atoms with van der Waals surface area (Å²) >= 11 is 0. The van der Waals surface area contributed by atoms with Gasteiger partial charge in [-0.15, -0.1) is 0 Å². The molecule has 0 aliphatic rings. The number of hydrogen-bond donors (Lipinski definition) is 2. The molecule has 6 heteroatoms. The van der Waals surface area contributed by atoms with Gasteiger partial charge in [0.15, 0.2) is 0 Å². The first kappa shape index (κ1) is 14.9. The Bertz CT molecular complexity index is 233. The minimum atomic E-state index is -1.07. The highest BCUT2D eigenvalue weighted by Gasteiger charge is 2.21. The maximum absolute atomic E-state index is 11.7. The van der Waals surface area contributed by atoms with E-state index >= 15 is 0 Å². The van der Waals surface area contributed by atoms with E-state index in [1.165, 1.54) is 4.90 Å². The molecule has 6 nitrogen and oxygen atoms in total. The van der Waals surface area contributed by atoms with Gasteiger partial charge < -0.3 is 20.5 Å². The van der Waals surface area contributed by atoms with Crippen molar-refractivity contribution in [2.24, 2.45) is 5.73 Å². The molecular weight excluding hydrogens is 212 g/mol. The second-order valence-corrected chi connectivity index (χ2v) is 3.32. The van der Waals surface area contributed by atoms with E-state index in [2.05, 4.69) is 0 Å². The number of carbonyl (C=O) groups is 2. The molecule has 0 aromatic heterocycles. The quantitative estimate of drug-likeness (QED) is 0.559. The highest BCUT2D eigenvalue weighted by atomic mass is 16.5. The summed E-state index contributed by atoms with van der Waals surface area (Å²) < 4.78 is 5.13. The fourth-order valence-corrected chi connectivity index (χ4v) is 1.25. The van der Waals surface area contributed by atoms with Gasteiger partial charge in [0.2, 0.25) is 5.91 Å². The second-order valence-electron chi connectivity index (χ2n) is 3.32. The number of likely N-dealkylation sites (N-methyl/N-ethyl adjacent to an activating group) is 1. The van der Waals surface area contributed by atoms with Crippen LogP contribution in [0.1, 0.15) is 20.3 Å². The van der Waals surface area contributed by atoms with Gasteiger partial charge in [-0.1, -0.05) is 0 Å².